The second-order valence-electron chi connectivity index (χ2n) is 5.56. The van der Waals surface area contributed by atoms with Crippen LogP contribution in [0.1, 0.15) is 24.8 Å². The lowest BCUT2D eigenvalue weighted by Gasteiger charge is -2.30. The summed E-state index contributed by atoms with van der Waals surface area (Å²) in [4.78, 5) is 12.2. The summed E-state index contributed by atoms with van der Waals surface area (Å²) in [6, 6.07) is 4.77. The predicted octanol–water partition coefficient (Wildman–Crippen LogP) is 1.83. The lowest BCUT2D eigenvalue weighted by atomic mass is 9.91. The summed E-state index contributed by atoms with van der Waals surface area (Å²) < 4.78 is 28.3. The van der Waals surface area contributed by atoms with Crippen LogP contribution in [0, 0.1) is 5.92 Å². The maximum atomic E-state index is 12.2. The monoisotopic (exact) mass is 329 g/mol. The summed E-state index contributed by atoms with van der Waals surface area (Å²) in [5.74, 6) is 0.308. The third-order valence-corrected chi connectivity index (χ3v) is 5.39. The van der Waals surface area contributed by atoms with Crippen LogP contribution in [-0.2, 0) is 20.3 Å². The van der Waals surface area contributed by atoms with Gasteiger partial charge in [-0.1, -0.05) is 0 Å². The van der Waals surface area contributed by atoms with Gasteiger partial charge in [-0.15, -0.1) is 0 Å². The smallest absolute Gasteiger partial charge is 0.261 e. The minimum Gasteiger partial charge on any atom is -0.492 e. The van der Waals surface area contributed by atoms with Crippen molar-refractivity contribution >= 4 is 25.6 Å². The number of rotatable bonds is 3. The highest BCUT2D eigenvalue weighted by Crippen LogP contribution is 2.31. The van der Waals surface area contributed by atoms with E-state index in [1.54, 1.807) is 6.07 Å². The minimum absolute atomic E-state index is 0.0236. The molecule has 3 rings (SSSR count). The van der Waals surface area contributed by atoms with Crippen molar-refractivity contribution in [3.05, 3.63) is 23.8 Å². The number of nitrogens with one attached hydrogen (secondary N) is 1. The van der Waals surface area contributed by atoms with E-state index in [-0.39, 0.29) is 22.8 Å². The van der Waals surface area contributed by atoms with E-state index in [1.165, 1.54) is 12.1 Å². The molecule has 1 unspecified atom stereocenters. The van der Waals surface area contributed by atoms with Crippen molar-refractivity contribution in [3.63, 3.8) is 0 Å². The number of carbonyl (C=O) groups is 1. The van der Waals surface area contributed by atoms with Gasteiger partial charge in [0.1, 0.15) is 12.4 Å². The second kappa shape index (κ2) is 5.50. The molecule has 1 amide bonds. The number of halogens is 1. The van der Waals surface area contributed by atoms with E-state index < -0.39 is 9.05 Å². The summed E-state index contributed by atoms with van der Waals surface area (Å²) in [5, 5.41) is 3.00. The molecule has 1 N–H and O–H groups in total. The van der Waals surface area contributed by atoms with Crippen molar-refractivity contribution in [1.82, 2.24) is 5.32 Å². The molecule has 0 saturated heterocycles. The third-order valence-electron chi connectivity index (χ3n) is 4.04. The number of benzene rings is 1. The maximum Gasteiger partial charge on any atom is 0.261 e. The number of hydrogen-bond donors (Lipinski definition) is 1. The number of amides is 1. The van der Waals surface area contributed by atoms with Gasteiger partial charge >= 0.3 is 0 Å². The number of fused-ring (bicyclic) bond motifs is 1. The molecular weight excluding hydrogens is 314 g/mol. The molecule has 1 aromatic carbocycles. The highest BCUT2D eigenvalue weighted by molar-refractivity contribution is 8.13. The Kier molecular flexibility index (Phi) is 3.84. The van der Waals surface area contributed by atoms with Crippen LogP contribution >= 0.6 is 10.7 Å². The van der Waals surface area contributed by atoms with Gasteiger partial charge in [-0.05, 0) is 49.4 Å². The molecule has 1 fully saturated rings. The van der Waals surface area contributed by atoms with E-state index in [0.717, 1.165) is 19.3 Å². The van der Waals surface area contributed by atoms with E-state index in [9.17, 15) is 13.2 Å². The van der Waals surface area contributed by atoms with E-state index in [2.05, 4.69) is 5.32 Å². The first-order valence-electron chi connectivity index (χ1n) is 6.94. The highest BCUT2D eigenvalue weighted by atomic mass is 35.7. The Hall–Kier alpha value is -1.27. The quantitative estimate of drug-likeness (QED) is 0.859. The molecule has 2 aliphatic rings. The first-order valence-corrected chi connectivity index (χ1v) is 9.25. The molecule has 7 heteroatoms. The van der Waals surface area contributed by atoms with Crippen LogP contribution in [0.2, 0.25) is 0 Å². The fourth-order valence-corrected chi connectivity index (χ4v) is 3.36. The highest BCUT2D eigenvalue weighted by Gasteiger charge is 2.29. The molecular formula is C14H16ClNO4S. The van der Waals surface area contributed by atoms with Gasteiger partial charge < -0.3 is 10.1 Å². The lowest BCUT2D eigenvalue weighted by Crippen LogP contribution is -2.45. The SMILES string of the molecule is O=C(NC1CCC1)C1COc2ccc(S(=O)(=O)Cl)cc2C1. The Bertz CT molecular complexity index is 670. The molecule has 1 aliphatic carbocycles. The number of hydrogen-bond acceptors (Lipinski definition) is 4. The zero-order valence-corrected chi connectivity index (χ0v) is 12.9. The van der Waals surface area contributed by atoms with E-state index >= 15 is 0 Å². The molecule has 0 bridgehead atoms. The third kappa shape index (κ3) is 3.16. The van der Waals surface area contributed by atoms with Gasteiger partial charge in [0.2, 0.25) is 5.91 Å². The largest absolute Gasteiger partial charge is 0.492 e. The summed E-state index contributed by atoms with van der Waals surface area (Å²) in [6.45, 7) is 0.318. The zero-order valence-electron chi connectivity index (χ0n) is 11.3. The molecule has 1 heterocycles. The molecule has 0 spiro atoms. The summed E-state index contributed by atoms with van der Waals surface area (Å²) in [7, 11) is 1.58. The first kappa shape index (κ1) is 14.7. The van der Waals surface area contributed by atoms with Gasteiger partial charge in [0.05, 0.1) is 10.8 Å². The summed E-state index contributed by atoms with van der Waals surface area (Å²) in [5.41, 5.74) is 0.705. The van der Waals surface area contributed by atoms with Gasteiger partial charge in [-0.3, -0.25) is 4.79 Å². The van der Waals surface area contributed by atoms with Crippen LogP contribution in [0.3, 0.4) is 0 Å². The van der Waals surface area contributed by atoms with Gasteiger partial charge in [0.25, 0.3) is 9.05 Å². The fraction of sp³-hybridized carbons (Fsp3) is 0.500. The normalized spacial score (nSPS) is 21.9. The average molecular weight is 330 g/mol. The number of ether oxygens (including phenoxy) is 1. The van der Waals surface area contributed by atoms with E-state index in [1.807, 2.05) is 0 Å². The van der Waals surface area contributed by atoms with Gasteiger partial charge in [-0.25, -0.2) is 8.42 Å². The maximum absolute atomic E-state index is 12.2. The van der Waals surface area contributed by atoms with E-state index in [0.29, 0.717) is 24.3 Å². The Morgan fingerprint density at radius 1 is 1.33 bits per heavy atom. The van der Waals surface area contributed by atoms with Crippen molar-refractivity contribution in [2.24, 2.45) is 5.92 Å². The first-order chi connectivity index (χ1) is 9.93. The van der Waals surface area contributed by atoms with Gasteiger partial charge in [0, 0.05) is 16.7 Å². The number of carbonyl (C=O) groups excluding carboxylic acids is 1. The Morgan fingerprint density at radius 3 is 2.71 bits per heavy atom. The Morgan fingerprint density at radius 2 is 2.10 bits per heavy atom. The van der Waals surface area contributed by atoms with Crippen molar-refractivity contribution in [3.8, 4) is 5.75 Å². The van der Waals surface area contributed by atoms with Crippen LogP contribution in [0.5, 0.6) is 5.75 Å². The average Bonchev–Trinajstić information content (AvgIpc) is 2.40. The van der Waals surface area contributed by atoms with Crippen molar-refractivity contribution in [1.29, 1.82) is 0 Å². The Labute approximate surface area is 128 Å². The summed E-state index contributed by atoms with van der Waals surface area (Å²) >= 11 is 0. The van der Waals surface area contributed by atoms with Gasteiger partial charge in [0.15, 0.2) is 0 Å². The van der Waals surface area contributed by atoms with E-state index in [4.69, 9.17) is 15.4 Å². The van der Waals surface area contributed by atoms with Crippen LogP contribution < -0.4 is 10.1 Å². The standard InChI is InChI=1S/C14H16ClNO4S/c15-21(18,19)12-4-5-13-9(7-12)6-10(8-20-13)14(17)16-11-2-1-3-11/h4-5,7,10-11H,1-3,6,8H2,(H,16,17). The van der Waals surface area contributed by atoms with Crippen LogP contribution in [0.25, 0.3) is 0 Å². The van der Waals surface area contributed by atoms with Crippen molar-refractivity contribution in [2.75, 3.05) is 6.61 Å². The molecule has 114 valence electrons. The lowest BCUT2D eigenvalue weighted by molar-refractivity contribution is -0.127. The van der Waals surface area contributed by atoms with Crippen LogP contribution in [0.15, 0.2) is 23.1 Å². The van der Waals surface area contributed by atoms with Crippen LogP contribution in [-0.4, -0.2) is 27.0 Å². The molecule has 1 aliphatic heterocycles. The molecule has 1 atom stereocenters. The topological polar surface area (TPSA) is 72.5 Å². The molecule has 21 heavy (non-hydrogen) atoms. The zero-order chi connectivity index (χ0) is 15.0. The molecule has 5 nitrogen and oxygen atoms in total. The van der Waals surface area contributed by atoms with Gasteiger partial charge in [-0.2, -0.15) is 0 Å². The molecule has 1 saturated carbocycles. The Balaban J connectivity index is 1.75. The predicted molar refractivity (Wildman–Crippen MR) is 78.0 cm³/mol. The van der Waals surface area contributed by atoms with Crippen molar-refractivity contribution < 1.29 is 17.9 Å². The second-order valence-corrected chi connectivity index (χ2v) is 8.12. The molecule has 0 radical (unpaired) electrons. The molecule has 0 aromatic heterocycles. The van der Waals surface area contributed by atoms with Crippen LogP contribution in [0.4, 0.5) is 0 Å². The summed E-state index contributed by atoms with van der Waals surface area (Å²) in [6.07, 6.45) is 3.69. The molecule has 1 aromatic rings. The van der Waals surface area contributed by atoms with Crippen molar-refractivity contribution in [2.45, 2.75) is 36.6 Å². The fourth-order valence-electron chi connectivity index (χ4n) is 2.56. The minimum atomic E-state index is -3.77.